The Hall–Kier alpha value is -0.830. The summed E-state index contributed by atoms with van der Waals surface area (Å²) in [6, 6.07) is 1.81. The molecule has 1 aromatic rings. The van der Waals surface area contributed by atoms with Gasteiger partial charge in [-0.1, -0.05) is 37.3 Å². The third-order valence-corrected chi connectivity index (χ3v) is 3.40. The van der Waals surface area contributed by atoms with Crippen molar-refractivity contribution >= 4 is 17.3 Å². The number of aromatic nitrogens is 2. The fourth-order valence-corrected chi connectivity index (χ4v) is 2.52. The van der Waals surface area contributed by atoms with Crippen LogP contribution in [0, 0.1) is 5.92 Å². The highest BCUT2D eigenvalue weighted by Gasteiger charge is 2.13. The molecule has 0 radical (unpaired) electrons. The van der Waals surface area contributed by atoms with Gasteiger partial charge >= 0.3 is 0 Å². The number of halogens is 1. The second-order valence-corrected chi connectivity index (χ2v) is 4.87. The van der Waals surface area contributed by atoms with Gasteiger partial charge < -0.3 is 5.32 Å². The van der Waals surface area contributed by atoms with E-state index in [2.05, 4.69) is 15.5 Å². The average molecular weight is 240 g/mol. The van der Waals surface area contributed by atoms with Gasteiger partial charge in [-0.2, -0.15) is 5.10 Å². The van der Waals surface area contributed by atoms with Crippen molar-refractivity contribution < 1.29 is 0 Å². The van der Waals surface area contributed by atoms with Crippen molar-refractivity contribution in [3.63, 3.8) is 0 Å². The Morgan fingerprint density at radius 3 is 2.94 bits per heavy atom. The molecule has 0 unspecified atom stereocenters. The van der Waals surface area contributed by atoms with Gasteiger partial charge in [-0.15, -0.1) is 5.10 Å². The highest BCUT2D eigenvalue weighted by atomic mass is 35.5. The Labute approximate surface area is 102 Å². The van der Waals surface area contributed by atoms with Crippen molar-refractivity contribution in [2.24, 2.45) is 5.92 Å². The van der Waals surface area contributed by atoms with Crippen LogP contribution in [0.15, 0.2) is 12.3 Å². The second kappa shape index (κ2) is 6.04. The normalized spacial score (nSPS) is 16.6. The first kappa shape index (κ1) is 11.6. The van der Waals surface area contributed by atoms with Gasteiger partial charge in [0.15, 0.2) is 5.15 Å². The van der Waals surface area contributed by atoms with Crippen LogP contribution < -0.4 is 5.32 Å². The van der Waals surface area contributed by atoms with Crippen molar-refractivity contribution in [3.05, 3.63) is 17.4 Å². The Morgan fingerprint density at radius 1 is 1.38 bits per heavy atom. The lowest BCUT2D eigenvalue weighted by Crippen LogP contribution is -2.04. The molecular weight excluding hydrogens is 222 g/mol. The predicted molar refractivity (Wildman–Crippen MR) is 66.7 cm³/mol. The molecule has 1 saturated carbocycles. The fraction of sp³-hybridized carbons (Fsp3) is 0.667. The van der Waals surface area contributed by atoms with E-state index in [0.717, 1.165) is 18.2 Å². The van der Waals surface area contributed by atoms with Gasteiger partial charge in [-0.25, -0.2) is 0 Å². The molecule has 0 spiro atoms. The molecule has 1 aliphatic rings. The number of hydrogen-bond acceptors (Lipinski definition) is 3. The lowest BCUT2D eigenvalue weighted by atomic mass is 10.0. The molecule has 88 valence electrons. The van der Waals surface area contributed by atoms with Gasteiger partial charge in [0.2, 0.25) is 0 Å². The molecule has 0 saturated heterocycles. The van der Waals surface area contributed by atoms with Crippen LogP contribution in [0.5, 0.6) is 0 Å². The number of rotatable bonds is 5. The van der Waals surface area contributed by atoms with Crippen molar-refractivity contribution in [2.45, 2.75) is 38.5 Å². The summed E-state index contributed by atoms with van der Waals surface area (Å²) in [6.45, 7) is 0.999. The molecule has 0 bridgehead atoms. The third kappa shape index (κ3) is 3.63. The van der Waals surface area contributed by atoms with Crippen LogP contribution in [-0.4, -0.2) is 16.7 Å². The summed E-state index contributed by atoms with van der Waals surface area (Å²) in [4.78, 5) is 0. The van der Waals surface area contributed by atoms with Crippen molar-refractivity contribution in [1.29, 1.82) is 0 Å². The zero-order chi connectivity index (χ0) is 11.2. The Bertz CT molecular complexity index is 324. The first-order chi connectivity index (χ1) is 7.84. The molecule has 16 heavy (non-hydrogen) atoms. The average Bonchev–Trinajstić information content (AvgIpc) is 2.77. The van der Waals surface area contributed by atoms with E-state index in [0.29, 0.717) is 5.15 Å². The van der Waals surface area contributed by atoms with Crippen LogP contribution in [-0.2, 0) is 0 Å². The topological polar surface area (TPSA) is 37.8 Å². The van der Waals surface area contributed by atoms with Gasteiger partial charge in [0, 0.05) is 12.6 Å². The minimum Gasteiger partial charge on any atom is -0.384 e. The summed E-state index contributed by atoms with van der Waals surface area (Å²) in [5.74, 6) is 0.973. The zero-order valence-corrected chi connectivity index (χ0v) is 10.2. The van der Waals surface area contributed by atoms with E-state index >= 15 is 0 Å². The molecule has 0 aromatic carbocycles. The van der Waals surface area contributed by atoms with E-state index < -0.39 is 0 Å². The lowest BCUT2D eigenvalue weighted by molar-refractivity contribution is 0.491. The molecule has 0 aliphatic heterocycles. The summed E-state index contributed by atoms with van der Waals surface area (Å²) < 4.78 is 0. The molecule has 0 amide bonds. The number of hydrogen-bond donors (Lipinski definition) is 1. The third-order valence-electron chi connectivity index (χ3n) is 3.22. The van der Waals surface area contributed by atoms with Crippen LogP contribution in [0.4, 0.5) is 5.69 Å². The number of anilines is 1. The maximum Gasteiger partial charge on any atom is 0.153 e. The maximum absolute atomic E-state index is 5.75. The SMILES string of the molecule is Clc1cc(NCCCC2CCCC2)cnn1. The second-order valence-electron chi connectivity index (χ2n) is 4.49. The van der Waals surface area contributed by atoms with Gasteiger partial charge in [-0.05, 0) is 18.8 Å². The fourth-order valence-electron chi connectivity index (χ4n) is 2.36. The first-order valence-electron chi connectivity index (χ1n) is 6.07. The minimum atomic E-state index is 0.445. The van der Waals surface area contributed by atoms with Gasteiger partial charge in [0.05, 0.1) is 11.9 Å². The molecule has 1 aromatic heterocycles. The van der Waals surface area contributed by atoms with Gasteiger partial charge in [0.1, 0.15) is 0 Å². The zero-order valence-electron chi connectivity index (χ0n) is 9.45. The molecule has 4 heteroatoms. The van der Waals surface area contributed by atoms with Crippen LogP contribution in [0.25, 0.3) is 0 Å². The van der Waals surface area contributed by atoms with E-state index in [9.17, 15) is 0 Å². The largest absolute Gasteiger partial charge is 0.384 e. The summed E-state index contributed by atoms with van der Waals surface area (Å²) in [5.41, 5.74) is 0.964. The highest BCUT2D eigenvalue weighted by molar-refractivity contribution is 6.29. The van der Waals surface area contributed by atoms with Crippen LogP contribution in [0.2, 0.25) is 5.15 Å². The molecule has 0 atom stereocenters. The van der Waals surface area contributed by atoms with Gasteiger partial charge in [-0.3, -0.25) is 0 Å². The molecule has 1 N–H and O–H groups in total. The summed E-state index contributed by atoms with van der Waals surface area (Å²) in [5, 5.41) is 11.3. The van der Waals surface area contributed by atoms with E-state index in [1.807, 2.05) is 6.07 Å². The highest BCUT2D eigenvalue weighted by Crippen LogP contribution is 2.28. The molecule has 1 heterocycles. The Morgan fingerprint density at radius 2 is 2.19 bits per heavy atom. The minimum absolute atomic E-state index is 0.445. The Balaban J connectivity index is 1.64. The quantitative estimate of drug-likeness (QED) is 0.799. The van der Waals surface area contributed by atoms with E-state index in [1.54, 1.807) is 6.20 Å². The predicted octanol–water partition coefficient (Wildman–Crippen LogP) is 3.51. The number of nitrogens with zero attached hydrogens (tertiary/aromatic N) is 2. The number of nitrogens with one attached hydrogen (secondary N) is 1. The van der Waals surface area contributed by atoms with Crippen molar-refractivity contribution in [1.82, 2.24) is 10.2 Å². The maximum atomic E-state index is 5.75. The molecule has 2 rings (SSSR count). The molecular formula is C12H18ClN3. The first-order valence-corrected chi connectivity index (χ1v) is 6.44. The van der Waals surface area contributed by atoms with Crippen LogP contribution in [0.1, 0.15) is 38.5 Å². The van der Waals surface area contributed by atoms with E-state index in [4.69, 9.17) is 11.6 Å². The smallest absolute Gasteiger partial charge is 0.153 e. The van der Waals surface area contributed by atoms with E-state index in [1.165, 1.54) is 38.5 Å². The Kier molecular flexibility index (Phi) is 4.40. The molecule has 1 aliphatic carbocycles. The standard InChI is InChI=1S/C12H18ClN3/c13-12-8-11(9-15-16-12)14-7-3-6-10-4-1-2-5-10/h8-10H,1-7H2,(H,14,16). The summed E-state index contributed by atoms with van der Waals surface area (Å²) >= 11 is 5.75. The monoisotopic (exact) mass is 239 g/mol. The summed E-state index contributed by atoms with van der Waals surface area (Å²) in [6.07, 6.45) is 10.0. The van der Waals surface area contributed by atoms with Crippen molar-refractivity contribution in [2.75, 3.05) is 11.9 Å². The van der Waals surface area contributed by atoms with Crippen LogP contribution >= 0.6 is 11.6 Å². The van der Waals surface area contributed by atoms with Crippen LogP contribution in [0.3, 0.4) is 0 Å². The summed E-state index contributed by atoms with van der Waals surface area (Å²) in [7, 11) is 0. The molecule has 1 fully saturated rings. The lowest BCUT2D eigenvalue weighted by Gasteiger charge is -2.09. The van der Waals surface area contributed by atoms with Crippen molar-refractivity contribution in [3.8, 4) is 0 Å². The van der Waals surface area contributed by atoms with Gasteiger partial charge in [0.25, 0.3) is 0 Å². The molecule has 3 nitrogen and oxygen atoms in total. The van der Waals surface area contributed by atoms with E-state index in [-0.39, 0.29) is 0 Å².